The zero-order valence-electron chi connectivity index (χ0n) is 10.7. The van der Waals surface area contributed by atoms with E-state index in [2.05, 4.69) is 4.72 Å². The van der Waals surface area contributed by atoms with E-state index in [4.69, 9.17) is 11.6 Å². The Balaban J connectivity index is 2.25. The smallest absolute Gasteiger partial charge is 0.128 e. The van der Waals surface area contributed by atoms with Gasteiger partial charge in [0.25, 0.3) is 0 Å². The van der Waals surface area contributed by atoms with Gasteiger partial charge >= 0.3 is 0 Å². The summed E-state index contributed by atoms with van der Waals surface area (Å²) in [5.41, 5.74) is 1.54. The molecule has 0 fully saturated rings. The van der Waals surface area contributed by atoms with E-state index in [1.165, 1.54) is 6.07 Å². The van der Waals surface area contributed by atoms with Crippen molar-refractivity contribution in [2.24, 2.45) is 0 Å². The van der Waals surface area contributed by atoms with Crippen LogP contribution in [0.25, 0.3) is 0 Å². The molecule has 2 atom stereocenters. The largest absolute Gasteiger partial charge is 0.242 e. The summed E-state index contributed by atoms with van der Waals surface area (Å²) in [6.45, 7) is 5.72. The second kappa shape index (κ2) is 4.91. The molecule has 0 radical (unpaired) electrons. The third-order valence-corrected chi connectivity index (χ3v) is 4.89. The minimum Gasteiger partial charge on any atom is -0.242 e. The molecule has 100 valence electrons. The maximum Gasteiger partial charge on any atom is 0.128 e. The van der Waals surface area contributed by atoms with Gasteiger partial charge in [-0.1, -0.05) is 11.6 Å². The lowest BCUT2D eigenvalue weighted by Crippen LogP contribution is -2.35. The topological polar surface area (TPSA) is 29.1 Å². The molecule has 1 unspecified atom stereocenters. The van der Waals surface area contributed by atoms with Crippen molar-refractivity contribution in [3.05, 3.63) is 34.1 Å². The number of hydrogen-bond acceptors (Lipinski definition) is 1. The second-order valence-electron chi connectivity index (χ2n) is 5.55. The van der Waals surface area contributed by atoms with Crippen molar-refractivity contribution in [1.82, 2.24) is 4.72 Å². The SMILES string of the molecule is CC(C)(C)S(=O)N[C@@H]1CCc2c(F)cc(Cl)cc21. The summed E-state index contributed by atoms with van der Waals surface area (Å²) < 4.78 is 28.5. The highest BCUT2D eigenvalue weighted by molar-refractivity contribution is 7.84. The van der Waals surface area contributed by atoms with Crippen LogP contribution in [0, 0.1) is 5.82 Å². The molecule has 2 rings (SSSR count). The van der Waals surface area contributed by atoms with Gasteiger partial charge in [-0.05, 0) is 56.9 Å². The number of halogens is 2. The molecule has 0 aromatic heterocycles. The number of nitrogens with one attached hydrogen (secondary N) is 1. The zero-order valence-corrected chi connectivity index (χ0v) is 12.3. The first-order valence-electron chi connectivity index (χ1n) is 5.95. The molecule has 0 spiro atoms. The average molecular weight is 290 g/mol. The van der Waals surface area contributed by atoms with Crippen molar-refractivity contribution in [1.29, 1.82) is 0 Å². The van der Waals surface area contributed by atoms with Gasteiger partial charge in [-0.3, -0.25) is 0 Å². The van der Waals surface area contributed by atoms with Crippen molar-refractivity contribution in [2.75, 3.05) is 0 Å². The Hall–Kier alpha value is -0.450. The molecule has 0 amide bonds. The number of rotatable bonds is 2. The summed E-state index contributed by atoms with van der Waals surface area (Å²) in [7, 11) is -1.16. The summed E-state index contributed by atoms with van der Waals surface area (Å²) >= 11 is 5.88. The summed E-state index contributed by atoms with van der Waals surface area (Å²) in [5, 5.41) is 0.390. The van der Waals surface area contributed by atoms with E-state index >= 15 is 0 Å². The molecule has 1 aliphatic carbocycles. The molecular formula is C13H17ClFNOS. The van der Waals surface area contributed by atoms with Crippen molar-refractivity contribution in [2.45, 2.75) is 44.4 Å². The highest BCUT2D eigenvalue weighted by Crippen LogP contribution is 2.35. The van der Waals surface area contributed by atoms with Crippen LogP contribution in [0.2, 0.25) is 5.02 Å². The van der Waals surface area contributed by atoms with Crippen LogP contribution in [0.15, 0.2) is 12.1 Å². The molecule has 1 N–H and O–H groups in total. The van der Waals surface area contributed by atoms with Gasteiger partial charge in [-0.25, -0.2) is 13.3 Å². The molecule has 5 heteroatoms. The zero-order chi connectivity index (χ0) is 13.5. The molecule has 0 saturated heterocycles. The van der Waals surface area contributed by atoms with Crippen LogP contribution in [0.1, 0.15) is 44.4 Å². The van der Waals surface area contributed by atoms with Crippen molar-refractivity contribution < 1.29 is 8.60 Å². The fraction of sp³-hybridized carbons (Fsp3) is 0.538. The van der Waals surface area contributed by atoms with Crippen LogP contribution in [-0.4, -0.2) is 8.96 Å². The van der Waals surface area contributed by atoms with Crippen LogP contribution in [0.4, 0.5) is 4.39 Å². The molecule has 0 saturated carbocycles. The lowest BCUT2D eigenvalue weighted by Gasteiger charge is -2.22. The molecule has 0 aliphatic heterocycles. The Kier molecular flexibility index (Phi) is 3.81. The van der Waals surface area contributed by atoms with Gasteiger partial charge < -0.3 is 0 Å². The van der Waals surface area contributed by atoms with Gasteiger partial charge in [-0.15, -0.1) is 0 Å². The van der Waals surface area contributed by atoms with Crippen molar-refractivity contribution >= 4 is 22.6 Å². The molecule has 18 heavy (non-hydrogen) atoms. The van der Waals surface area contributed by atoms with E-state index in [1.54, 1.807) is 6.07 Å². The number of benzene rings is 1. The van der Waals surface area contributed by atoms with Crippen LogP contribution in [-0.2, 0) is 17.4 Å². The Morgan fingerprint density at radius 1 is 1.44 bits per heavy atom. The Morgan fingerprint density at radius 2 is 2.11 bits per heavy atom. The monoisotopic (exact) mass is 289 g/mol. The Morgan fingerprint density at radius 3 is 2.72 bits per heavy atom. The van der Waals surface area contributed by atoms with E-state index in [0.29, 0.717) is 17.0 Å². The average Bonchev–Trinajstić information content (AvgIpc) is 2.60. The van der Waals surface area contributed by atoms with Crippen LogP contribution in [0.5, 0.6) is 0 Å². The van der Waals surface area contributed by atoms with E-state index in [9.17, 15) is 8.60 Å². The predicted octanol–water partition coefficient (Wildman–Crippen LogP) is 3.52. The first-order valence-corrected chi connectivity index (χ1v) is 7.47. The minimum absolute atomic E-state index is 0.0757. The van der Waals surface area contributed by atoms with Crippen LogP contribution in [0.3, 0.4) is 0 Å². The fourth-order valence-electron chi connectivity index (χ4n) is 2.07. The fourth-order valence-corrected chi connectivity index (χ4v) is 3.14. The molecule has 1 aromatic rings. The molecule has 1 aliphatic rings. The Labute approximate surface area is 115 Å². The van der Waals surface area contributed by atoms with E-state index < -0.39 is 11.0 Å². The minimum atomic E-state index is -1.16. The summed E-state index contributed by atoms with van der Waals surface area (Å²) in [6.07, 6.45) is 1.42. The number of hydrogen-bond donors (Lipinski definition) is 1. The van der Waals surface area contributed by atoms with Gasteiger partial charge in [0.05, 0.1) is 15.7 Å². The molecular weight excluding hydrogens is 273 g/mol. The standard InChI is InChI=1S/C13H17ClFNOS/c1-13(2,3)18(17)16-12-5-4-9-10(12)6-8(14)7-11(9)15/h6-7,12,16H,4-5H2,1-3H3/t12-,18?/m1/s1. The molecule has 0 bridgehead atoms. The second-order valence-corrected chi connectivity index (χ2v) is 7.98. The first kappa shape index (κ1) is 14.0. The highest BCUT2D eigenvalue weighted by Gasteiger charge is 2.29. The van der Waals surface area contributed by atoms with Gasteiger partial charge in [0.2, 0.25) is 0 Å². The van der Waals surface area contributed by atoms with E-state index in [0.717, 1.165) is 12.0 Å². The quantitative estimate of drug-likeness (QED) is 0.887. The normalized spacial score (nSPS) is 20.8. The van der Waals surface area contributed by atoms with Gasteiger partial charge in [0.1, 0.15) is 5.82 Å². The van der Waals surface area contributed by atoms with E-state index in [-0.39, 0.29) is 16.6 Å². The summed E-state index contributed by atoms with van der Waals surface area (Å²) in [5.74, 6) is -0.261. The van der Waals surface area contributed by atoms with Gasteiger partial charge in [0, 0.05) is 11.1 Å². The maximum atomic E-state index is 13.7. The maximum absolute atomic E-state index is 13.7. The van der Waals surface area contributed by atoms with E-state index in [1.807, 2.05) is 20.8 Å². The number of fused-ring (bicyclic) bond motifs is 1. The van der Waals surface area contributed by atoms with Crippen molar-refractivity contribution in [3.63, 3.8) is 0 Å². The third-order valence-electron chi connectivity index (χ3n) is 3.06. The molecule has 1 aromatic carbocycles. The lowest BCUT2D eigenvalue weighted by atomic mass is 10.1. The lowest BCUT2D eigenvalue weighted by molar-refractivity contribution is 0.595. The molecule has 2 nitrogen and oxygen atoms in total. The highest BCUT2D eigenvalue weighted by atomic mass is 35.5. The van der Waals surface area contributed by atoms with Gasteiger partial charge in [-0.2, -0.15) is 0 Å². The van der Waals surface area contributed by atoms with Crippen LogP contribution < -0.4 is 4.72 Å². The first-order chi connectivity index (χ1) is 8.29. The Bertz CT molecular complexity index is 498. The van der Waals surface area contributed by atoms with Crippen LogP contribution >= 0.6 is 11.6 Å². The van der Waals surface area contributed by atoms with Gasteiger partial charge in [0.15, 0.2) is 0 Å². The van der Waals surface area contributed by atoms with Crippen molar-refractivity contribution in [3.8, 4) is 0 Å². The third kappa shape index (κ3) is 2.76. The molecule has 0 heterocycles. The summed E-state index contributed by atoms with van der Waals surface area (Å²) in [6, 6.07) is 3.03. The summed E-state index contributed by atoms with van der Waals surface area (Å²) in [4.78, 5) is 0. The predicted molar refractivity (Wildman–Crippen MR) is 73.5 cm³/mol.